The summed E-state index contributed by atoms with van der Waals surface area (Å²) < 4.78 is 100. The Bertz CT molecular complexity index is 1210. The molecule has 32 heavy (non-hydrogen) atoms. The zero-order valence-electron chi connectivity index (χ0n) is 16.7. The van der Waals surface area contributed by atoms with Crippen LogP contribution in [0.4, 0.5) is 22.0 Å². The van der Waals surface area contributed by atoms with E-state index in [0.717, 1.165) is 0 Å². The van der Waals surface area contributed by atoms with E-state index in [9.17, 15) is 30.4 Å². The Labute approximate surface area is 179 Å². The molecule has 1 heterocycles. The first-order valence-electron chi connectivity index (χ1n) is 9.18. The van der Waals surface area contributed by atoms with Crippen LogP contribution in [0.5, 0.6) is 11.8 Å². The van der Waals surface area contributed by atoms with Crippen LogP contribution in [0.25, 0.3) is 0 Å². The van der Waals surface area contributed by atoms with Crippen molar-refractivity contribution in [2.75, 3.05) is 0 Å². The van der Waals surface area contributed by atoms with Crippen molar-refractivity contribution < 1.29 is 35.1 Å². The van der Waals surface area contributed by atoms with E-state index in [-0.39, 0.29) is 30.2 Å². The van der Waals surface area contributed by atoms with E-state index in [2.05, 4.69) is 14.9 Å². The van der Waals surface area contributed by atoms with Gasteiger partial charge in [0.1, 0.15) is 17.4 Å². The third-order valence-electron chi connectivity index (χ3n) is 4.34. The number of aromatic nitrogens is 3. The summed E-state index contributed by atoms with van der Waals surface area (Å²) in [5.41, 5.74) is -1.63. The van der Waals surface area contributed by atoms with Crippen LogP contribution in [0.2, 0.25) is 0 Å². The summed E-state index contributed by atoms with van der Waals surface area (Å²) in [4.78, 5) is -1.12. The minimum absolute atomic E-state index is 0.0297. The van der Waals surface area contributed by atoms with Crippen LogP contribution >= 0.6 is 0 Å². The number of nitrogens with one attached hydrogen (secondary N) is 1. The molecule has 0 unspecified atom stereocenters. The van der Waals surface area contributed by atoms with Gasteiger partial charge in [0, 0.05) is 6.54 Å². The molecule has 1 atom stereocenters. The van der Waals surface area contributed by atoms with E-state index >= 15 is 0 Å². The lowest BCUT2D eigenvalue weighted by molar-refractivity contribution is -0.140. The van der Waals surface area contributed by atoms with Crippen molar-refractivity contribution in [2.45, 2.75) is 37.5 Å². The van der Waals surface area contributed by atoms with Gasteiger partial charge in [-0.2, -0.15) is 13.2 Å². The summed E-state index contributed by atoms with van der Waals surface area (Å²) in [5.74, 6) is -1.40. The highest BCUT2D eigenvalue weighted by Gasteiger charge is 2.38. The second-order valence-electron chi connectivity index (χ2n) is 6.62. The second-order valence-corrected chi connectivity index (χ2v) is 8.30. The largest absolute Gasteiger partial charge is 0.424 e. The van der Waals surface area contributed by atoms with E-state index in [1.165, 1.54) is 35.8 Å². The van der Waals surface area contributed by atoms with Crippen molar-refractivity contribution in [3.8, 4) is 11.8 Å². The predicted octanol–water partition coefficient (Wildman–Crippen LogP) is 4.43. The second kappa shape index (κ2) is 8.82. The Kier molecular flexibility index (Phi) is 6.51. The molecule has 0 bridgehead atoms. The first-order chi connectivity index (χ1) is 14.9. The highest BCUT2D eigenvalue weighted by atomic mass is 32.2. The Morgan fingerprint density at radius 2 is 1.69 bits per heavy atom. The van der Waals surface area contributed by atoms with Crippen LogP contribution in [0, 0.1) is 11.6 Å². The van der Waals surface area contributed by atoms with Crippen LogP contribution in [-0.2, 0) is 22.7 Å². The Morgan fingerprint density at radius 1 is 1.06 bits per heavy atom. The summed E-state index contributed by atoms with van der Waals surface area (Å²) in [6, 6.07) is 5.16. The topological polar surface area (TPSA) is 86.1 Å². The number of ether oxygens (including phenoxy) is 1. The average Bonchev–Trinajstić information content (AvgIpc) is 3.11. The zero-order valence-corrected chi connectivity index (χ0v) is 17.5. The van der Waals surface area contributed by atoms with Crippen LogP contribution in [0.1, 0.15) is 31.3 Å². The molecule has 0 fully saturated rings. The average molecular weight is 476 g/mol. The molecular formula is C19H17F5N4O3S. The van der Waals surface area contributed by atoms with E-state index in [0.29, 0.717) is 12.1 Å². The molecule has 0 radical (unpaired) electrons. The number of hydrogen-bond acceptors (Lipinski definition) is 5. The predicted molar refractivity (Wildman–Crippen MR) is 102 cm³/mol. The molecule has 0 amide bonds. The van der Waals surface area contributed by atoms with Gasteiger partial charge in [-0.1, -0.05) is 5.10 Å². The Morgan fingerprint density at radius 3 is 2.28 bits per heavy atom. The van der Waals surface area contributed by atoms with Gasteiger partial charge >= 0.3 is 12.2 Å². The molecule has 1 aromatic heterocycles. The first kappa shape index (κ1) is 23.6. The van der Waals surface area contributed by atoms with Crippen LogP contribution in [0.15, 0.2) is 47.4 Å². The molecule has 0 saturated heterocycles. The number of alkyl halides is 3. The highest BCUT2D eigenvalue weighted by Crippen LogP contribution is 2.35. The van der Waals surface area contributed by atoms with Gasteiger partial charge in [-0.25, -0.2) is 21.9 Å². The maximum absolute atomic E-state index is 13.3. The smallest absolute Gasteiger partial charge is 0.417 e. The van der Waals surface area contributed by atoms with Crippen molar-refractivity contribution in [2.24, 2.45) is 0 Å². The fourth-order valence-electron chi connectivity index (χ4n) is 2.91. The summed E-state index contributed by atoms with van der Waals surface area (Å²) in [7, 11) is -4.72. The van der Waals surface area contributed by atoms with E-state index in [1.54, 1.807) is 6.92 Å². The number of nitrogens with zero attached hydrogens (tertiary/aromatic N) is 3. The maximum Gasteiger partial charge on any atom is 0.417 e. The molecule has 13 heteroatoms. The first-order valence-corrected chi connectivity index (χ1v) is 10.7. The molecule has 1 N–H and O–H groups in total. The number of hydrogen-bond donors (Lipinski definition) is 1. The number of rotatable bonds is 7. The Hall–Kier alpha value is -3.06. The molecule has 0 aliphatic carbocycles. The van der Waals surface area contributed by atoms with Gasteiger partial charge in [0.2, 0.25) is 10.0 Å². The monoisotopic (exact) mass is 476 g/mol. The summed E-state index contributed by atoms with van der Waals surface area (Å²) >= 11 is 0. The quantitative estimate of drug-likeness (QED) is 0.510. The van der Waals surface area contributed by atoms with Crippen molar-refractivity contribution in [3.05, 3.63) is 65.5 Å². The molecule has 0 spiro atoms. The van der Waals surface area contributed by atoms with Crippen molar-refractivity contribution in [3.63, 3.8) is 0 Å². The van der Waals surface area contributed by atoms with Crippen LogP contribution in [-0.4, -0.2) is 23.2 Å². The fraction of sp³-hybridized carbons (Fsp3) is 0.263. The van der Waals surface area contributed by atoms with Crippen molar-refractivity contribution in [1.82, 2.24) is 19.5 Å². The normalized spacial score (nSPS) is 13.2. The van der Waals surface area contributed by atoms with Crippen LogP contribution in [0.3, 0.4) is 0 Å². The highest BCUT2D eigenvalue weighted by molar-refractivity contribution is 7.89. The third kappa shape index (κ3) is 5.05. The minimum atomic E-state index is -5.09. The van der Waals surface area contributed by atoms with Gasteiger partial charge < -0.3 is 4.74 Å². The molecule has 0 aliphatic rings. The molecule has 3 aromatic rings. The van der Waals surface area contributed by atoms with Gasteiger partial charge in [0.25, 0.3) is 0 Å². The molecule has 0 aliphatic heterocycles. The van der Waals surface area contributed by atoms with E-state index in [4.69, 9.17) is 4.74 Å². The lowest BCUT2D eigenvalue weighted by atomic mass is 10.2. The molecular weight excluding hydrogens is 459 g/mol. The van der Waals surface area contributed by atoms with Gasteiger partial charge in [-0.15, -0.1) is 5.10 Å². The van der Waals surface area contributed by atoms with Gasteiger partial charge in [0.15, 0.2) is 5.82 Å². The van der Waals surface area contributed by atoms with E-state index in [1.807, 2.05) is 0 Å². The summed E-state index contributed by atoms with van der Waals surface area (Å²) in [6.45, 7) is 3.27. The number of benzene rings is 2. The molecule has 0 saturated carbocycles. The maximum atomic E-state index is 13.3. The molecule has 172 valence electrons. The SMILES string of the molecule is CCn1c(Oc2ccc(F)cc2)nnc1[C@@H](C)NS(=O)(=O)c1ccc(F)cc1C(F)(F)F. The minimum Gasteiger partial charge on any atom is -0.424 e. The van der Waals surface area contributed by atoms with Crippen molar-refractivity contribution >= 4 is 10.0 Å². The lowest BCUT2D eigenvalue weighted by Crippen LogP contribution is -2.30. The van der Waals surface area contributed by atoms with Gasteiger partial charge in [0.05, 0.1) is 16.5 Å². The zero-order chi connectivity index (χ0) is 23.7. The lowest BCUT2D eigenvalue weighted by Gasteiger charge is -2.18. The molecule has 3 rings (SSSR count). The Balaban J connectivity index is 1.90. The van der Waals surface area contributed by atoms with Crippen molar-refractivity contribution in [1.29, 1.82) is 0 Å². The third-order valence-corrected chi connectivity index (χ3v) is 5.94. The number of halogens is 5. The van der Waals surface area contributed by atoms with Gasteiger partial charge in [-0.3, -0.25) is 4.57 Å². The molecule has 7 nitrogen and oxygen atoms in total. The summed E-state index contributed by atoms with van der Waals surface area (Å²) in [5, 5.41) is 7.70. The standard InChI is InChI=1S/C19H17F5N4O3S/c1-3-28-17(25-26-18(28)31-14-7-4-12(20)5-8-14)11(2)27-32(29,30)16-9-6-13(21)10-15(16)19(22,23)24/h4-11,27H,3H2,1-2H3/t11-/m1/s1. The van der Waals surface area contributed by atoms with Crippen LogP contribution < -0.4 is 9.46 Å². The number of sulfonamides is 1. The van der Waals surface area contributed by atoms with E-state index < -0.39 is 44.3 Å². The molecule has 2 aromatic carbocycles. The fourth-order valence-corrected chi connectivity index (χ4v) is 4.32. The van der Waals surface area contributed by atoms with Gasteiger partial charge in [-0.05, 0) is 56.3 Å². The summed E-state index contributed by atoms with van der Waals surface area (Å²) in [6.07, 6.45) is -5.09.